The van der Waals surface area contributed by atoms with E-state index < -0.39 is 34.7 Å². The Bertz CT molecular complexity index is 1800. The molecule has 0 unspecified atom stereocenters. The van der Waals surface area contributed by atoms with Gasteiger partial charge in [0, 0.05) is 28.7 Å². The van der Waals surface area contributed by atoms with Crippen molar-refractivity contribution in [2.24, 2.45) is 5.11 Å². The van der Waals surface area contributed by atoms with E-state index in [1.54, 1.807) is 27.2 Å². The summed E-state index contributed by atoms with van der Waals surface area (Å²) in [6.45, 7) is 1.31. The number of rotatable bonds is 10. The van der Waals surface area contributed by atoms with Gasteiger partial charge >= 0.3 is 5.69 Å². The van der Waals surface area contributed by atoms with E-state index in [1.165, 1.54) is 10.8 Å². The van der Waals surface area contributed by atoms with E-state index in [1.807, 2.05) is 72.8 Å². The fourth-order valence-electron chi connectivity index (χ4n) is 5.67. The van der Waals surface area contributed by atoms with E-state index >= 15 is 0 Å². The maximum absolute atomic E-state index is 12.8. The molecule has 3 aromatic carbocycles. The van der Waals surface area contributed by atoms with Gasteiger partial charge in [-0.25, -0.2) is 4.79 Å². The van der Waals surface area contributed by atoms with Crippen molar-refractivity contribution in [2.45, 2.75) is 36.8 Å². The Balaban J connectivity index is 1.69. The number of azide groups is 1. The lowest BCUT2D eigenvalue weighted by Crippen LogP contribution is -2.46. The third-order valence-corrected chi connectivity index (χ3v) is 7.85. The Morgan fingerprint density at radius 1 is 1.07 bits per heavy atom. The Morgan fingerprint density at radius 2 is 1.73 bits per heavy atom. The first kappa shape index (κ1) is 30.2. The molecule has 1 fully saturated rings. The second-order valence-corrected chi connectivity index (χ2v) is 10.3. The number of nitrogens with zero attached hydrogens (tertiary/aromatic N) is 4. The van der Waals surface area contributed by atoms with Crippen molar-refractivity contribution in [2.75, 3.05) is 20.8 Å². The van der Waals surface area contributed by atoms with Gasteiger partial charge in [-0.2, -0.15) is 0 Å². The highest BCUT2D eigenvalue weighted by atomic mass is 16.6. The van der Waals surface area contributed by atoms with Crippen LogP contribution in [0.25, 0.3) is 10.4 Å². The lowest BCUT2D eigenvalue weighted by atomic mass is 9.79. The predicted molar refractivity (Wildman–Crippen MR) is 164 cm³/mol. The standard InChI is InChI=1S/C33H31N5O6/c1-5-32(27(36-37-34)19-28(44-32)38-20-22(2)30(39)35-31(38)40)21-43-33(23-13-8-6-9-14-23,24-15-10-7-11-16-24)25-17-12-18-26(41-3)29(25)42-4/h1,6-18,20,27-28H,19,21H2,2-4H3,(H,35,39,40)/t27-,28+,32+/m0/s1. The van der Waals surface area contributed by atoms with Gasteiger partial charge < -0.3 is 18.9 Å². The highest BCUT2D eigenvalue weighted by Gasteiger charge is 2.51. The van der Waals surface area contributed by atoms with Crippen LogP contribution in [0.2, 0.25) is 0 Å². The van der Waals surface area contributed by atoms with Gasteiger partial charge in [-0.1, -0.05) is 83.8 Å². The summed E-state index contributed by atoms with van der Waals surface area (Å²) >= 11 is 0. The molecule has 1 saturated heterocycles. The molecule has 44 heavy (non-hydrogen) atoms. The SMILES string of the molecule is C#C[C@]1(COC(c2ccccc2)(c2ccccc2)c2cccc(OC)c2OC)O[C@@H](n2cc(C)c(=O)[nH]c2=O)C[C@@H]1N=[N+]=[N-]. The van der Waals surface area contributed by atoms with Crippen LogP contribution in [0.1, 0.15) is 34.9 Å². The molecule has 1 aliphatic heterocycles. The zero-order valence-electron chi connectivity index (χ0n) is 24.5. The zero-order chi connectivity index (χ0) is 31.3. The molecule has 0 radical (unpaired) electrons. The van der Waals surface area contributed by atoms with Crippen LogP contribution in [0.4, 0.5) is 0 Å². The fraction of sp³-hybridized carbons (Fsp3) is 0.273. The Kier molecular flexibility index (Phi) is 8.60. The summed E-state index contributed by atoms with van der Waals surface area (Å²) < 4.78 is 26.2. The maximum atomic E-state index is 12.8. The lowest BCUT2D eigenvalue weighted by molar-refractivity contribution is -0.113. The van der Waals surface area contributed by atoms with Gasteiger partial charge in [-0.3, -0.25) is 14.3 Å². The van der Waals surface area contributed by atoms with Crippen LogP contribution in [0.15, 0.2) is 99.8 Å². The number of aryl methyl sites for hydroxylation is 1. The summed E-state index contributed by atoms with van der Waals surface area (Å²) in [5.41, 5.74) is 7.83. The van der Waals surface area contributed by atoms with Gasteiger partial charge in [0.15, 0.2) is 17.1 Å². The van der Waals surface area contributed by atoms with Crippen LogP contribution >= 0.6 is 0 Å². The van der Waals surface area contributed by atoms with E-state index in [9.17, 15) is 15.1 Å². The number of terminal acetylenes is 1. The van der Waals surface area contributed by atoms with Crippen LogP contribution in [0.3, 0.4) is 0 Å². The molecule has 0 aliphatic carbocycles. The first-order valence-corrected chi connectivity index (χ1v) is 13.8. The van der Waals surface area contributed by atoms with E-state index in [0.717, 1.165) is 11.1 Å². The van der Waals surface area contributed by atoms with Gasteiger partial charge in [0.2, 0.25) is 0 Å². The van der Waals surface area contributed by atoms with Crippen molar-refractivity contribution in [3.8, 4) is 23.8 Å². The number of aromatic nitrogens is 2. The number of ether oxygens (including phenoxy) is 4. The lowest BCUT2D eigenvalue weighted by Gasteiger charge is -2.39. The number of benzene rings is 3. The fourth-order valence-corrected chi connectivity index (χ4v) is 5.67. The Hall–Kier alpha value is -5.27. The summed E-state index contributed by atoms with van der Waals surface area (Å²) in [6, 6.07) is 23.7. The first-order valence-electron chi connectivity index (χ1n) is 13.8. The number of methoxy groups -OCH3 is 2. The molecule has 2 heterocycles. The third kappa shape index (κ3) is 5.23. The van der Waals surface area contributed by atoms with Crippen LogP contribution in [0.5, 0.6) is 11.5 Å². The molecule has 1 aromatic heterocycles. The molecule has 0 amide bonds. The van der Waals surface area contributed by atoms with E-state index in [-0.39, 0.29) is 13.0 Å². The van der Waals surface area contributed by atoms with E-state index in [2.05, 4.69) is 20.9 Å². The van der Waals surface area contributed by atoms with Crippen molar-refractivity contribution >= 4 is 0 Å². The maximum Gasteiger partial charge on any atom is 0.330 e. The van der Waals surface area contributed by atoms with Crippen molar-refractivity contribution in [3.05, 3.63) is 139 Å². The van der Waals surface area contributed by atoms with Crippen LogP contribution < -0.4 is 20.7 Å². The topological polar surface area (TPSA) is 141 Å². The van der Waals surface area contributed by atoms with Gasteiger partial charge in [0.25, 0.3) is 5.56 Å². The minimum Gasteiger partial charge on any atom is -0.493 e. The highest BCUT2D eigenvalue weighted by Crippen LogP contribution is 2.49. The summed E-state index contributed by atoms with van der Waals surface area (Å²) in [6.07, 6.45) is 6.66. The number of hydrogen-bond donors (Lipinski definition) is 1. The highest BCUT2D eigenvalue weighted by molar-refractivity contribution is 5.57. The molecule has 3 atom stereocenters. The van der Waals surface area contributed by atoms with Gasteiger partial charge in [-0.15, -0.1) is 6.42 Å². The Labute approximate surface area is 253 Å². The van der Waals surface area contributed by atoms with Crippen LogP contribution in [-0.2, 0) is 15.1 Å². The summed E-state index contributed by atoms with van der Waals surface area (Å²) in [5, 5.41) is 3.97. The monoisotopic (exact) mass is 593 g/mol. The molecule has 0 bridgehead atoms. The molecule has 0 spiro atoms. The van der Waals surface area contributed by atoms with Gasteiger partial charge in [0.1, 0.15) is 11.8 Å². The molecule has 1 N–H and O–H groups in total. The molecule has 0 saturated carbocycles. The second-order valence-electron chi connectivity index (χ2n) is 10.3. The molecule has 4 aromatic rings. The van der Waals surface area contributed by atoms with Crippen LogP contribution in [0, 0.1) is 19.3 Å². The smallest absolute Gasteiger partial charge is 0.330 e. The second kappa shape index (κ2) is 12.5. The quantitative estimate of drug-likeness (QED) is 0.0917. The number of hydrogen-bond acceptors (Lipinski definition) is 7. The zero-order valence-corrected chi connectivity index (χ0v) is 24.5. The summed E-state index contributed by atoms with van der Waals surface area (Å²) in [4.78, 5) is 30.1. The van der Waals surface area contributed by atoms with Gasteiger partial charge in [0.05, 0.1) is 26.9 Å². The molecular formula is C33H31N5O6. The average molecular weight is 594 g/mol. The number of H-pyrrole nitrogens is 1. The summed E-state index contributed by atoms with van der Waals surface area (Å²) in [5.74, 6) is 3.62. The van der Waals surface area contributed by atoms with Crippen molar-refractivity contribution in [1.29, 1.82) is 0 Å². The minimum atomic E-state index is -1.60. The first-order chi connectivity index (χ1) is 21.3. The van der Waals surface area contributed by atoms with Crippen molar-refractivity contribution in [1.82, 2.24) is 9.55 Å². The molecular weight excluding hydrogens is 562 g/mol. The number of nitrogens with one attached hydrogen (secondary N) is 1. The van der Waals surface area contributed by atoms with Crippen molar-refractivity contribution in [3.63, 3.8) is 0 Å². The van der Waals surface area contributed by atoms with Crippen molar-refractivity contribution < 1.29 is 18.9 Å². The normalized spacial score (nSPS) is 19.5. The number of aromatic amines is 1. The largest absolute Gasteiger partial charge is 0.493 e. The van der Waals surface area contributed by atoms with E-state index in [4.69, 9.17) is 25.4 Å². The number of para-hydroxylation sites is 1. The predicted octanol–water partition coefficient (Wildman–Crippen LogP) is 4.84. The molecule has 11 nitrogen and oxygen atoms in total. The van der Waals surface area contributed by atoms with Crippen LogP contribution in [-0.4, -0.2) is 42.0 Å². The van der Waals surface area contributed by atoms with E-state index in [0.29, 0.717) is 22.6 Å². The molecule has 11 heteroatoms. The molecule has 5 rings (SSSR count). The minimum absolute atomic E-state index is 0.0646. The molecule has 224 valence electrons. The third-order valence-electron chi connectivity index (χ3n) is 7.85. The Morgan fingerprint density at radius 3 is 2.30 bits per heavy atom. The molecule has 1 aliphatic rings. The average Bonchev–Trinajstić information content (AvgIpc) is 3.42. The summed E-state index contributed by atoms with van der Waals surface area (Å²) in [7, 11) is 3.11. The van der Waals surface area contributed by atoms with Gasteiger partial charge in [-0.05, 0) is 29.6 Å².